The Morgan fingerprint density at radius 3 is 2.41 bits per heavy atom. The third kappa shape index (κ3) is 10.6. The van der Waals surface area contributed by atoms with E-state index in [0.717, 1.165) is 109 Å². The van der Waals surface area contributed by atoms with E-state index >= 15 is 4.39 Å². The Hall–Kier alpha value is -9.03. The second-order valence-corrected chi connectivity index (χ2v) is 22.1. The van der Waals surface area contributed by atoms with E-state index in [0.29, 0.717) is 73.0 Å². The lowest BCUT2D eigenvalue weighted by molar-refractivity contribution is -0.137. The SMILES string of the molecule is CCCC(C(=O)NC=O)N1C(=O)c2cccc(NCc3cnn(C4CCN(C(=O)C5CCN(c6ccc(C#CCN7CC8CN(c9ccc(-n%10c(C)nc%11ccc(-c%12ccnc(N)c%12)nc%11%10)cc9F)CC8C7)cn6)CC5)CC4)c3)c2C1=O. The van der Waals surface area contributed by atoms with Gasteiger partial charge in [-0.05, 0) is 112 Å². The lowest BCUT2D eigenvalue weighted by atomic mass is 9.93. The molecule has 4 saturated heterocycles. The molecule has 3 atom stereocenters. The van der Waals surface area contributed by atoms with Crippen LogP contribution in [-0.4, -0.2) is 144 Å². The molecule has 10 heterocycles. The lowest BCUT2D eigenvalue weighted by Gasteiger charge is -2.37. The fraction of sp³-hybridized carbons (Fsp3) is 0.377. The third-order valence-corrected chi connectivity index (χ3v) is 16.9. The summed E-state index contributed by atoms with van der Waals surface area (Å²) in [6.45, 7) is 11.0. The Bertz CT molecular complexity index is 3650. The van der Waals surface area contributed by atoms with E-state index in [-0.39, 0.29) is 47.6 Å². The van der Waals surface area contributed by atoms with Crippen molar-refractivity contribution in [1.82, 2.24) is 54.3 Å². The largest absolute Gasteiger partial charge is 0.384 e. The van der Waals surface area contributed by atoms with Crippen LogP contribution in [0.2, 0.25) is 0 Å². The van der Waals surface area contributed by atoms with Gasteiger partial charge in [0.05, 0.1) is 47.0 Å². The highest BCUT2D eigenvalue weighted by atomic mass is 19.1. The van der Waals surface area contributed by atoms with Gasteiger partial charge in [0.25, 0.3) is 11.8 Å². The Kier molecular flexibility index (Phi) is 14.9. The first kappa shape index (κ1) is 53.6. The number of rotatable bonds is 15. The number of nitrogen functional groups attached to an aromatic ring is 1. The molecule has 420 valence electrons. The number of nitrogens with two attached hydrogens (primary N) is 1. The van der Waals surface area contributed by atoms with Crippen molar-refractivity contribution in [3.05, 3.63) is 131 Å². The zero-order valence-electron chi connectivity index (χ0n) is 45.9. The van der Waals surface area contributed by atoms with Crippen molar-refractivity contribution in [3.63, 3.8) is 0 Å². The van der Waals surface area contributed by atoms with Crippen LogP contribution in [0.5, 0.6) is 0 Å². The monoisotopic (exact) mass is 1110 g/mol. The normalized spacial score (nSPS) is 18.9. The molecule has 3 unspecified atom stereocenters. The number of nitrogens with one attached hydrogen (secondary N) is 2. The second kappa shape index (κ2) is 22.8. The maximum atomic E-state index is 16.0. The number of nitrogens with zero attached hydrogens (tertiary/aromatic N) is 12. The van der Waals surface area contributed by atoms with Gasteiger partial charge in [-0.3, -0.25) is 48.3 Å². The van der Waals surface area contributed by atoms with Crippen LogP contribution >= 0.6 is 0 Å². The summed E-state index contributed by atoms with van der Waals surface area (Å²) in [5.41, 5.74) is 12.8. The first-order valence-corrected chi connectivity index (χ1v) is 28.3. The number of carbonyl (C=O) groups is 5. The Balaban J connectivity index is 0.571. The van der Waals surface area contributed by atoms with Crippen molar-refractivity contribution in [1.29, 1.82) is 0 Å². The number of aromatic nitrogens is 7. The predicted molar refractivity (Wildman–Crippen MR) is 307 cm³/mol. The predicted octanol–water partition coefficient (Wildman–Crippen LogP) is 6.25. The molecule has 4 fully saturated rings. The fourth-order valence-electron chi connectivity index (χ4n) is 12.7. The average Bonchev–Trinajstić information content (AvgIpc) is 4.50. The van der Waals surface area contributed by atoms with Crippen LogP contribution in [0.3, 0.4) is 0 Å². The van der Waals surface area contributed by atoms with Crippen LogP contribution in [0.15, 0.2) is 97.6 Å². The lowest BCUT2D eigenvalue weighted by Crippen LogP contribution is -2.49. The molecule has 0 spiro atoms. The number of aryl methyl sites for hydroxylation is 1. The number of amides is 5. The highest BCUT2D eigenvalue weighted by molar-refractivity contribution is 6.25. The molecule has 0 bridgehead atoms. The van der Waals surface area contributed by atoms with Crippen LogP contribution in [0.4, 0.5) is 27.4 Å². The quantitative estimate of drug-likeness (QED) is 0.0586. The van der Waals surface area contributed by atoms with Gasteiger partial charge in [-0.1, -0.05) is 31.3 Å². The molecule has 5 amide bonds. The zero-order valence-corrected chi connectivity index (χ0v) is 45.9. The zero-order chi connectivity index (χ0) is 56.6. The van der Waals surface area contributed by atoms with Crippen LogP contribution in [0.25, 0.3) is 28.1 Å². The minimum atomic E-state index is -1.10. The topological polar surface area (TPSA) is 226 Å². The highest BCUT2D eigenvalue weighted by Crippen LogP contribution is 2.37. The van der Waals surface area contributed by atoms with Crippen LogP contribution < -0.4 is 26.2 Å². The van der Waals surface area contributed by atoms with Crippen LogP contribution in [0.1, 0.15) is 89.2 Å². The minimum absolute atomic E-state index is 0.0338. The number of piperidine rings is 2. The second-order valence-electron chi connectivity index (χ2n) is 22.1. The van der Waals surface area contributed by atoms with Crippen LogP contribution in [-0.2, 0) is 20.9 Å². The number of hydrogen-bond acceptors (Lipinski definition) is 15. The number of carbonyl (C=O) groups excluding carboxylic acids is 5. The Morgan fingerprint density at radius 2 is 1.68 bits per heavy atom. The molecular formula is C61H64FN15O5. The summed E-state index contributed by atoms with van der Waals surface area (Å²) >= 11 is 0. The molecule has 5 aromatic heterocycles. The molecule has 2 aromatic carbocycles. The smallest absolute Gasteiger partial charge is 0.264 e. The van der Waals surface area contributed by atoms with Crippen molar-refractivity contribution in [2.45, 2.75) is 71.0 Å². The number of fused-ring (bicyclic) bond motifs is 3. The van der Waals surface area contributed by atoms with Crippen molar-refractivity contribution in [2.75, 3.05) is 79.8 Å². The van der Waals surface area contributed by atoms with Crippen molar-refractivity contribution in [3.8, 4) is 28.8 Å². The summed E-state index contributed by atoms with van der Waals surface area (Å²) in [6, 6.07) is 20.9. The van der Waals surface area contributed by atoms with Gasteiger partial charge in [0.15, 0.2) is 5.65 Å². The van der Waals surface area contributed by atoms with E-state index in [1.807, 2.05) is 82.9 Å². The molecule has 12 rings (SSSR count). The van der Waals surface area contributed by atoms with E-state index in [1.165, 1.54) is 0 Å². The van der Waals surface area contributed by atoms with Gasteiger partial charge in [-0.2, -0.15) is 5.10 Å². The van der Waals surface area contributed by atoms with Crippen molar-refractivity contribution in [2.24, 2.45) is 17.8 Å². The molecular weight excluding hydrogens is 1040 g/mol. The number of likely N-dealkylation sites (tertiary alicyclic amines) is 2. The summed E-state index contributed by atoms with van der Waals surface area (Å²) < 4.78 is 19.9. The number of imidazole rings is 1. The van der Waals surface area contributed by atoms with E-state index in [1.54, 1.807) is 42.7 Å². The minimum Gasteiger partial charge on any atom is -0.384 e. The first-order valence-electron chi connectivity index (χ1n) is 28.3. The molecule has 5 aliphatic rings. The summed E-state index contributed by atoms with van der Waals surface area (Å²) in [4.78, 5) is 92.8. The number of benzene rings is 2. The molecule has 20 nitrogen and oxygen atoms in total. The molecule has 0 aliphatic carbocycles. The molecule has 7 aromatic rings. The molecule has 82 heavy (non-hydrogen) atoms. The number of imide groups is 2. The first-order chi connectivity index (χ1) is 39.9. The van der Waals surface area contributed by atoms with Gasteiger partial charge in [0.1, 0.15) is 34.8 Å². The van der Waals surface area contributed by atoms with E-state index < -0.39 is 23.8 Å². The molecule has 0 radical (unpaired) electrons. The molecule has 21 heteroatoms. The Morgan fingerprint density at radius 1 is 0.878 bits per heavy atom. The summed E-state index contributed by atoms with van der Waals surface area (Å²) in [5, 5.41) is 10.0. The van der Waals surface area contributed by atoms with Gasteiger partial charge in [-0.25, -0.2) is 24.3 Å². The molecule has 5 aliphatic heterocycles. The average molecular weight is 1110 g/mol. The number of anilines is 4. The van der Waals surface area contributed by atoms with Gasteiger partial charge < -0.3 is 25.8 Å². The maximum absolute atomic E-state index is 16.0. The van der Waals surface area contributed by atoms with Crippen molar-refractivity contribution < 1.29 is 28.4 Å². The highest BCUT2D eigenvalue weighted by Gasteiger charge is 2.44. The van der Waals surface area contributed by atoms with Crippen molar-refractivity contribution >= 4 is 64.2 Å². The number of hydrogen-bond donors (Lipinski definition) is 3. The maximum Gasteiger partial charge on any atom is 0.264 e. The number of halogens is 1. The fourth-order valence-corrected chi connectivity index (χ4v) is 12.7. The van der Waals surface area contributed by atoms with E-state index in [4.69, 9.17) is 20.7 Å². The van der Waals surface area contributed by atoms with Gasteiger partial charge >= 0.3 is 0 Å². The standard InChI is InChI=1S/C61H64FN15O5/c1-3-6-53(58(79)67-37-78)77-60(81)47-8-4-9-50(56(47)61(77)82)65-30-40-31-68-75(32-40)45-19-25-73(26-20-45)59(80)41-17-23-72(24-18-41)55-15-10-39(29-66-55)7-5-22-71-33-43-35-74(36-44(43)34-71)52-14-11-46(28-48(52)62)76-38(2)69-51-13-12-49(70-57(51)76)42-16-21-64-54(63)27-42/h4,8-16,21,27-29,31-32,37,41,43-45,53,65H,3,6,17-20,22-26,30,33-36H2,1-2H3,(H2,63,64)(H,67,78,79). The van der Waals surface area contributed by atoms with Gasteiger partial charge in [-0.15, -0.1) is 0 Å². The van der Waals surface area contributed by atoms with E-state index in [2.05, 4.69) is 47.3 Å². The summed E-state index contributed by atoms with van der Waals surface area (Å²) in [6.07, 6.45) is 11.3. The Labute approximate surface area is 473 Å². The third-order valence-electron chi connectivity index (χ3n) is 16.9. The van der Waals surface area contributed by atoms with Gasteiger partial charge in [0.2, 0.25) is 18.2 Å². The van der Waals surface area contributed by atoms with Crippen LogP contribution in [0, 0.1) is 42.3 Å². The van der Waals surface area contributed by atoms with Gasteiger partial charge in [0, 0.05) is 112 Å². The molecule has 4 N–H and O–H groups in total. The van der Waals surface area contributed by atoms with E-state index in [9.17, 15) is 24.0 Å². The summed E-state index contributed by atoms with van der Waals surface area (Å²) in [7, 11) is 0. The molecule has 0 saturated carbocycles. The number of pyridine rings is 3. The summed E-state index contributed by atoms with van der Waals surface area (Å²) in [5.74, 6) is 7.64.